The Morgan fingerprint density at radius 1 is 1.12 bits per heavy atom. The summed E-state index contributed by atoms with van der Waals surface area (Å²) < 4.78 is 28.5. The summed E-state index contributed by atoms with van der Waals surface area (Å²) in [6.07, 6.45) is 1.07. The highest BCUT2D eigenvalue weighted by molar-refractivity contribution is 7.89. The summed E-state index contributed by atoms with van der Waals surface area (Å²) in [4.78, 5) is 23.5. The van der Waals surface area contributed by atoms with Gasteiger partial charge in [0.2, 0.25) is 10.0 Å². The van der Waals surface area contributed by atoms with Crippen LogP contribution in [0.5, 0.6) is 0 Å². The van der Waals surface area contributed by atoms with Gasteiger partial charge < -0.3 is 4.57 Å². The molecule has 0 N–H and O–H groups in total. The van der Waals surface area contributed by atoms with E-state index in [2.05, 4.69) is 0 Å². The minimum absolute atomic E-state index is 0.139. The van der Waals surface area contributed by atoms with Gasteiger partial charge in [0.1, 0.15) is 0 Å². The van der Waals surface area contributed by atoms with Crippen molar-refractivity contribution >= 4 is 10.0 Å². The van der Waals surface area contributed by atoms with E-state index < -0.39 is 26.2 Å². The number of benzene rings is 1. The Hall–Kier alpha value is -2.19. The SMILES string of the molecule is Cc1ccc(CN(C)S(=O)(=O)c2cn(C)c(=O)n(C)c2=O)c(C)c1. The van der Waals surface area contributed by atoms with Crippen LogP contribution < -0.4 is 11.2 Å². The van der Waals surface area contributed by atoms with E-state index in [4.69, 9.17) is 0 Å². The van der Waals surface area contributed by atoms with Crippen molar-refractivity contribution in [1.29, 1.82) is 0 Å². The average Bonchev–Trinajstić information content (AvgIpc) is 2.51. The summed E-state index contributed by atoms with van der Waals surface area (Å²) in [5.41, 5.74) is 1.52. The van der Waals surface area contributed by atoms with Gasteiger partial charge in [0.15, 0.2) is 4.90 Å². The van der Waals surface area contributed by atoms with Gasteiger partial charge in [-0.3, -0.25) is 9.36 Å². The molecule has 2 aromatic rings. The molecule has 0 aliphatic rings. The number of hydrogen-bond donors (Lipinski definition) is 0. The lowest BCUT2D eigenvalue weighted by Gasteiger charge is -2.19. The quantitative estimate of drug-likeness (QED) is 0.804. The van der Waals surface area contributed by atoms with Crippen LogP contribution in [0.2, 0.25) is 0 Å². The van der Waals surface area contributed by atoms with Crippen LogP contribution >= 0.6 is 0 Å². The molecule has 0 amide bonds. The largest absolute Gasteiger partial charge is 0.330 e. The van der Waals surface area contributed by atoms with Crippen molar-refractivity contribution in [3.63, 3.8) is 0 Å². The summed E-state index contributed by atoms with van der Waals surface area (Å²) in [5, 5.41) is 0. The van der Waals surface area contributed by atoms with Gasteiger partial charge in [-0.05, 0) is 25.0 Å². The predicted octanol–water partition coefficient (Wildman–Crippen LogP) is 0.522. The first kappa shape index (κ1) is 18.2. The molecule has 8 heteroatoms. The van der Waals surface area contributed by atoms with Gasteiger partial charge in [0.05, 0.1) is 0 Å². The van der Waals surface area contributed by atoms with E-state index in [1.54, 1.807) is 0 Å². The van der Waals surface area contributed by atoms with Crippen LogP contribution in [0.25, 0.3) is 0 Å². The molecule has 0 unspecified atom stereocenters. The van der Waals surface area contributed by atoms with E-state index >= 15 is 0 Å². The Morgan fingerprint density at radius 3 is 2.33 bits per heavy atom. The van der Waals surface area contributed by atoms with Gasteiger partial charge in [-0.2, -0.15) is 4.31 Å². The molecular weight excluding hydrogens is 330 g/mol. The molecule has 0 saturated heterocycles. The van der Waals surface area contributed by atoms with E-state index in [0.29, 0.717) is 0 Å². The van der Waals surface area contributed by atoms with Crippen molar-refractivity contribution in [1.82, 2.24) is 13.4 Å². The maximum atomic E-state index is 12.7. The Morgan fingerprint density at radius 2 is 1.75 bits per heavy atom. The second-order valence-electron chi connectivity index (χ2n) is 5.94. The summed E-state index contributed by atoms with van der Waals surface area (Å²) >= 11 is 0. The second-order valence-corrected chi connectivity index (χ2v) is 7.96. The number of nitrogens with zero attached hydrogens (tertiary/aromatic N) is 3. The number of aromatic nitrogens is 2. The van der Waals surface area contributed by atoms with Gasteiger partial charge in [-0.15, -0.1) is 0 Å². The van der Waals surface area contributed by atoms with Gasteiger partial charge in [0.25, 0.3) is 5.56 Å². The van der Waals surface area contributed by atoms with Crippen molar-refractivity contribution in [2.24, 2.45) is 14.1 Å². The number of sulfonamides is 1. The molecule has 0 saturated carbocycles. The Kier molecular flexibility index (Phi) is 4.82. The Labute approximate surface area is 140 Å². The molecule has 1 aromatic carbocycles. The fraction of sp³-hybridized carbons (Fsp3) is 0.375. The third-order valence-corrected chi connectivity index (χ3v) is 5.78. The smallest absolute Gasteiger partial charge is 0.302 e. The van der Waals surface area contributed by atoms with Crippen LogP contribution in [0.4, 0.5) is 0 Å². The standard InChI is InChI=1S/C16H21N3O4S/c1-11-6-7-13(12(2)8-11)9-18(4)24(22,23)14-10-17(3)16(21)19(5)15(14)20/h6-8,10H,9H2,1-5H3. The lowest BCUT2D eigenvalue weighted by Crippen LogP contribution is -2.41. The number of hydrogen-bond acceptors (Lipinski definition) is 4. The van der Waals surface area contributed by atoms with Crippen LogP contribution in [-0.4, -0.2) is 28.9 Å². The van der Waals surface area contributed by atoms with Crippen LogP contribution in [0.1, 0.15) is 16.7 Å². The Bertz CT molecular complexity index is 1000. The van der Waals surface area contributed by atoms with Crippen molar-refractivity contribution in [3.05, 3.63) is 61.9 Å². The van der Waals surface area contributed by atoms with E-state index in [-0.39, 0.29) is 6.54 Å². The minimum atomic E-state index is -4.02. The van der Waals surface area contributed by atoms with Gasteiger partial charge in [-0.25, -0.2) is 13.2 Å². The van der Waals surface area contributed by atoms with Crippen LogP contribution in [0.15, 0.2) is 38.9 Å². The predicted molar refractivity (Wildman–Crippen MR) is 91.5 cm³/mol. The summed E-state index contributed by atoms with van der Waals surface area (Å²) in [5.74, 6) is 0. The lowest BCUT2D eigenvalue weighted by molar-refractivity contribution is 0.462. The minimum Gasteiger partial charge on any atom is -0.302 e. The monoisotopic (exact) mass is 351 g/mol. The van der Waals surface area contributed by atoms with E-state index in [9.17, 15) is 18.0 Å². The maximum Gasteiger partial charge on any atom is 0.330 e. The highest BCUT2D eigenvalue weighted by Crippen LogP contribution is 2.16. The zero-order valence-corrected chi connectivity index (χ0v) is 15.2. The molecule has 24 heavy (non-hydrogen) atoms. The van der Waals surface area contributed by atoms with Crippen molar-refractivity contribution in [2.75, 3.05) is 7.05 Å². The molecule has 0 spiro atoms. The zero-order valence-electron chi connectivity index (χ0n) is 14.4. The van der Waals surface area contributed by atoms with Crippen molar-refractivity contribution < 1.29 is 8.42 Å². The number of rotatable bonds is 4. The van der Waals surface area contributed by atoms with Gasteiger partial charge in [-0.1, -0.05) is 23.8 Å². The molecule has 0 aliphatic heterocycles. The maximum absolute atomic E-state index is 12.7. The first-order chi connectivity index (χ1) is 11.1. The Balaban J connectivity index is 2.47. The first-order valence-corrected chi connectivity index (χ1v) is 8.79. The van der Waals surface area contributed by atoms with Gasteiger partial charge >= 0.3 is 5.69 Å². The molecular formula is C16H21N3O4S. The molecule has 7 nitrogen and oxygen atoms in total. The molecule has 130 valence electrons. The summed E-state index contributed by atoms with van der Waals surface area (Å²) in [7, 11) is 0.0650. The molecule has 0 aliphatic carbocycles. The van der Waals surface area contributed by atoms with Crippen LogP contribution in [0, 0.1) is 13.8 Å². The summed E-state index contributed by atoms with van der Waals surface area (Å²) in [6.45, 7) is 4.01. The topological polar surface area (TPSA) is 81.4 Å². The summed E-state index contributed by atoms with van der Waals surface area (Å²) in [6, 6.07) is 5.75. The molecule has 1 aromatic heterocycles. The molecule has 2 rings (SSSR count). The van der Waals surface area contributed by atoms with E-state index in [0.717, 1.165) is 36.3 Å². The van der Waals surface area contributed by atoms with Crippen LogP contribution in [-0.2, 0) is 30.7 Å². The fourth-order valence-corrected chi connectivity index (χ4v) is 3.76. The third kappa shape index (κ3) is 3.20. The zero-order chi connectivity index (χ0) is 18.2. The van der Waals surface area contributed by atoms with Crippen molar-refractivity contribution in [2.45, 2.75) is 25.3 Å². The van der Waals surface area contributed by atoms with Crippen LogP contribution in [0.3, 0.4) is 0 Å². The fourth-order valence-electron chi connectivity index (χ4n) is 2.47. The van der Waals surface area contributed by atoms with Crippen molar-refractivity contribution in [3.8, 4) is 0 Å². The molecule has 0 atom stereocenters. The number of aryl methyl sites for hydroxylation is 3. The molecule has 0 fully saturated rings. The van der Waals surface area contributed by atoms with E-state index in [1.165, 1.54) is 21.1 Å². The first-order valence-electron chi connectivity index (χ1n) is 7.35. The normalized spacial score (nSPS) is 11.9. The highest BCUT2D eigenvalue weighted by Gasteiger charge is 2.26. The highest BCUT2D eigenvalue weighted by atomic mass is 32.2. The molecule has 0 radical (unpaired) electrons. The average molecular weight is 351 g/mol. The lowest BCUT2D eigenvalue weighted by atomic mass is 10.1. The molecule has 0 bridgehead atoms. The third-order valence-electron chi connectivity index (χ3n) is 3.99. The van der Waals surface area contributed by atoms with E-state index in [1.807, 2.05) is 32.0 Å². The second kappa shape index (κ2) is 6.37. The molecule has 1 heterocycles. The van der Waals surface area contributed by atoms with Gasteiger partial charge in [0, 0.05) is 33.9 Å².